The van der Waals surface area contributed by atoms with Gasteiger partial charge in [-0.3, -0.25) is 4.79 Å². The maximum absolute atomic E-state index is 12.4. The highest BCUT2D eigenvalue weighted by molar-refractivity contribution is 5.85. The van der Waals surface area contributed by atoms with Crippen molar-refractivity contribution in [3.63, 3.8) is 0 Å². The Balaban J connectivity index is 1.63. The molecule has 1 atom stereocenters. The average molecular weight is 328 g/mol. The van der Waals surface area contributed by atoms with E-state index in [1.54, 1.807) is 4.90 Å². The lowest BCUT2D eigenvalue weighted by Gasteiger charge is -2.30. The number of aryl methyl sites for hydroxylation is 2. The Bertz CT molecular complexity index is 781. The number of benzene rings is 1. The largest absolute Gasteiger partial charge is 0.358 e. The van der Waals surface area contributed by atoms with Crippen molar-refractivity contribution in [1.29, 1.82) is 0 Å². The first kappa shape index (κ1) is 16.4. The zero-order valence-corrected chi connectivity index (χ0v) is 14.2. The number of primary amides is 1. The quantitative estimate of drug-likeness (QED) is 0.806. The molecule has 0 spiro atoms. The lowest BCUT2D eigenvalue weighted by atomic mass is 9.97. The van der Waals surface area contributed by atoms with Crippen molar-refractivity contribution in [2.45, 2.75) is 33.2 Å². The zero-order chi connectivity index (χ0) is 17.3. The molecule has 3 amide bonds. The molecule has 1 aliphatic rings. The van der Waals surface area contributed by atoms with E-state index in [9.17, 15) is 9.59 Å². The van der Waals surface area contributed by atoms with Crippen molar-refractivity contribution in [2.75, 3.05) is 13.1 Å². The third-order valence-electron chi connectivity index (χ3n) is 4.94. The van der Waals surface area contributed by atoms with Crippen molar-refractivity contribution in [3.05, 3.63) is 35.0 Å². The number of likely N-dealkylation sites (tertiary alicyclic amines) is 1. The Kier molecular flexibility index (Phi) is 4.46. The van der Waals surface area contributed by atoms with Crippen LogP contribution < -0.4 is 11.1 Å². The van der Waals surface area contributed by atoms with Gasteiger partial charge in [-0.25, -0.2) is 4.79 Å². The molecule has 24 heavy (non-hydrogen) atoms. The Morgan fingerprint density at radius 1 is 1.38 bits per heavy atom. The smallest absolute Gasteiger partial charge is 0.314 e. The zero-order valence-electron chi connectivity index (χ0n) is 14.2. The second kappa shape index (κ2) is 6.55. The highest BCUT2D eigenvalue weighted by Gasteiger charge is 2.27. The van der Waals surface area contributed by atoms with Gasteiger partial charge in [-0.05, 0) is 49.9 Å². The van der Waals surface area contributed by atoms with Crippen LogP contribution in [0.5, 0.6) is 0 Å². The maximum atomic E-state index is 12.4. The molecular formula is C18H24N4O2. The number of nitrogens with zero attached hydrogens (tertiary/aromatic N) is 1. The van der Waals surface area contributed by atoms with E-state index in [0.717, 1.165) is 23.9 Å². The van der Waals surface area contributed by atoms with Crippen LogP contribution >= 0.6 is 0 Å². The molecule has 2 aromatic rings. The number of urea groups is 1. The predicted octanol–water partition coefficient (Wildman–Crippen LogP) is 2.19. The number of H-pyrrole nitrogens is 1. The molecule has 1 aromatic carbocycles. The first-order valence-corrected chi connectivity index (χ1v) is 8.35. The molecule has 6 heteroatoms. The molecule has 0 aliphatic carbocycles. The number of nitrogens with one attached hydrogen (secondary N) is 2. The Hall–Kier alpha value is -2.50. The van der Waals surface area contributed by atoms with Crippen LogP contribution in [0, 0.1) is 19.8 Å². The minimum absolute atomic E-state index is 0.0111. The average Bonchev–Trinajstić information content (AvgIpc) is 2.87. The fourth-order valence-electron chi connectivity index (χ4n) is 3.34. The van der Waals surface area contributed by atoms with Crippen LogP contribution in [0.15, 0.2) is 18.2 Å². The SMILES string of the molecule is Cc1[nH]c2ccc(CNC(=O)C3CCCN(C(N)=O)C3)cc2c1C. The van der Waals surface area contributed by atoms with E-state index in [2.05, 4.69) is 30.2 Å². The van der Waals surface area contributed by atoms with Gasteiger partial charge in [-0.2, -0.15) is 0 Å². The number of amides is 3. The molecule has 4 N–H and O–H groups in total. The molecule has 1 fully saturated rings. The molecule has 1 aromatic heterocycles. The molecule has 128 valence electrons. The molecule has 0 bridgehead atoms. The number of aromatic amines is 1. The fourth-order valence-corrected chi connectivity index (χ4v) is 3.34. The highest BCUT2D eigenvalue weighted by atomic mass is 16.2. The van der Waals surface area contributed by atoms with Crippen molar-refractivity contribution in [2.24, 2.45) is 11.7 Å². The number of hydrogen-bond donors (Lipinski definition) is 3. The number of piperidine rings is 1. The van der Waals surface area contributed by atoms with Gasteiger partial charge in [0.05, 0.1) is 5.92 Å². The van der Waals surface area contributed by atoms with Gasteiger partial charge >= 0.3 is 6.03 Å². The Labute approximate surface area is 141 Å². The van der Waals surface area contributed by atoms with Gasteiger partial charge in [0.25, 0.3) is 0 Å². The Morgan fingerprint density at radius 3 is 2.92 bits per heavy atom. The summed E-state index contributed by atoms with van der Waals surface area (Å²) in [5, 5.41) is 4.18. The minimum atomic E-state index is -0.448. The number of nitrogens with two attached hydrogens (primary N) is 1. The third kappa shape index (κ3) is 3.22. The number of fused-ring (bicyclic) bond motifs is 1. The summed E-state index contributed by atoms with van der Waals surface area (Å²) < 4.78 is 0. The van der Waals surface area contributed by atoms with Crippen molar-refractivity contribution < 1.29 is 9.59 Å². The highest BCUT2D eigenvalue weighted by Crippen LogP contribution is 2.22. The number of carbonyl (C=O) groups excluding carboxylic acids is 2. The summed E-state index contributed by atoms with van der Waals surface area (Å²) in [5.74, 6) is -0.186. The second-order valence-corrected chi connectivity index (χ2v) is 6.60. The van der Waals surface area contributed by atoms with Crippen LogP contribution in [0.4, 0.5) is 4.79 Å². The molecule has 1 aliphatic heterocycles. The number of carbonyl (C=O) groups is 2. The topological polar surface area (TPSA) is 91.2 Å². The number of rotatable bonds is 3. The molecule has 1 unspecified atom stereocenters. The van der Waals surface area contributed by atoms with Crippen LogP contribution in [-0.2, 0) is 11.3 Å². The van der Waals surface area contributed by atoms with Crippen molar-refractivity contribution >= 4 is 22.8 Å². The second-order valence-electron chi connectivity index (χ2n) is 6.60. The van der Waals surface area contributed by atoms with Gasteiger partial charge < -0.3 is 20.9 Å². The van der Waals surface area contributed by atoms with E-state index in [-0.39, 0.29) is 11.8 Å². The van der Waals surface area contributed by atoms with Gasteiger partial charge in [-0.1, -0.05) is 6.07 Å². The molecular weight excluding hydrogens is 304 g/mol. The van der Waals surface area contributed by atoms with Gasteiger partial charge in [0.15, 0.2) is 0 Å². The predicted molar refractivity (Wildman–Crippen MR) is 93.5 cm³/mol. The molecule has 2 heterocycles. The van der Waals surface area contributed by atoms with Crippen LogP contribution in [0.3, 0.4) is 0 Å². The summed E-state index contributed by atoms with van der Waals surface area (Å²) in [6, 6.07) is 5.74. The summed E-state index contributed by atoms with van der Waals surface area (Å²) in [4.78, 5) is 28.5. The first-order chi connectivity index (χ1) is 11.5. The van der Waals surface area contributed by atoms with E-state index < -0.39 is 6.03 Å². The normalized spacial score (nSPS) is 17.9. The van der Waals surface area contributed by atoms with E-state index in [0.29, 0.717) is 19.6 Å². The molecule has 0 radical (unpaired) electrons. The third-order valence-corrected chi connectivity index (χ3v) is 4.94. The van der Waals surface area contributed by atoms with Crippen LogP contribution in [0.1, 0.15) is 29.7 Å². The van der Waals surface area contributed by atoms with Gasteiger partial charge in [0.1, 0.15) is 0 Å². The minimum Gasteiger partial charge on any atom is -0.358 e. The standard InChI is InChI=1S/C18H24N4O2/c1-11-12(2)21-16-6-5-13(8-15(11)16)9-20-17(23)14-4-3-7-22(10-14)18(19)24/h5-6,8,14,21H,3-4,7,9-10H2,1-2H3,(H2,19,24)(H,20,23). The number of hydrogen-bond acceptors (Lipinski definition) is 2. The van der Waals surface area contributed by atoms with Gasteiger partial charge in [0.2, 0.25) is 5.91 Å². The summed E-state index contributed by atoms with van der Waals surface area (Å²) in [6.45, 7) is 5.70. The summed E-state index contributed by atoms with van der Waals surface area (Å²) in [6.07, 6.45) is 1.61. The lowest BCUT2D eigenvalue weighted by Crippen LogP contribution is -2.47. The first-order valence-electron chi connectivity index (χ1n) is 8.35. The van der Waals surface area contributed by atoms with E-state index >= 15 is 0 Å². The van der Waals surface area contributed by atoms with Crippen molar-refractivity contribution in [1.82, 2.24) is 15.2 Å². The maximum Gasteiger partial charge on any atom is 0.314 e. The van der Waals surface area contributed by atoms with E-state index in [1.807, 2.05) is 12.1 Å². The van der Waals surface area contributed by atoms with Gasteiger partial charge in [0, 0.05) is 36.2 Å². The van der Waals surface area contributed by atoms with Crippen LogP contribution in [0.25, 0.3) is 10.9 Å². The van der Waals surface area contributed by atoms with Gasteiger partial charge in [-0.15, -0.1) is 0 Å². The van der Waals surface area contributed by atoms with E-state index in [1.165, 1.54) is 16.6 Å². The fraction of sp³-hybridized carbons (Fsp3) is 0.444. The molecule has 6 nitrogen and oxygen atoms in total. The molecule has 1 saturated heterocycles. The molecule has 0 saturated carbocycles. The Morgan fingerprint density at radius 2 is 2.17 bits per heavy atom. The summed E-state index contributed by atoms with van der Waals surface area (Å²) in [5.41, 5.74) is 9.91. The monoisotopic (exact) mass is 328 g/mol. The van der Waals surface area contributed by atoms with Crippen LogP contribution in [-0.4, -0.2) is 34.9 Å². The number of aromatic nitrogens is 1. The van der Waals surface area contributed by atoms with Crippen molar-refractivity contribution in [3.8, 4) is 0 Å². The molecule has 3 rings (SSSR count). The lowest BCUT2D eigenvalue weighted by molar-refractivity contribution is -0.126. The summed E-state index contributed by atoms with van der Waals surface area (Å²) >= 11 is 0. The van der Waals surface area contributed by atoms with Crippen LogP contribution in [0.2, 0.25) is 0 Å². The van der Waals surface area contributed by atoms with E-state index in [4.69, 9.17) is 5.73 Å². The summed E-state index contributed by atoms with van der Waals surface area (Å²) in [7, 11) is 0.